The Bertz CT molecular complexity index is 504. The second kappa shape index (κ2) is 4.63. The number of aryl methyl sites for hydroxylation is 1. The second-order valence-electron chi connectivity index (χ2n) is 3.23. The smallest absolute Gasteiger partial charge is 0.254 e. The predicted octanol–water partition coefficient (Wildman–Crippen LogP) is 2.03. The van der Waals surface area contributed by atoms with Crippen LogP contribution in [-0.4, -0.2) is 10.9 Å². The van der Waals surface area contributed by atoms with Gasteiger partial charge in [-0.3, -0.25) is 4.79 Å². The maximum absolute atomic E-state index is 11.7. The summed E-state index contributed by atoms with van der Waals surface area (Å²) in [6, 6.07) is 1.73. The molecular formula is C10H11N3OS2. The molecule has 0 atom stereocenters. The lowest BCUT2D eigenvalue weighted by atomic mass is 10.3. The van der Waals surface area contributed by atoms with Gasteiger partial charge in [-0.2, -0.15) is 0 Å². The number of rotatable bonds is 3. The molecule has 3 N–H and O–H groups in total. The van der Waals surface area contributed by atoms with Gasteiger partial charge in [-0.15, -0.1) is 22.7 Å². The molecule has 0 unspecified atom stereocenters. The minimum Gasteiger partial charge on any atom is -0.390 e. The van der Waals surface area contributed by atoms with E-state index in [1.54, 1.807) is 29.0 Å². The zero-order valence-corrected chi connectivity index (χ0v) is 10.3. The van der Waals surface area contributed by atoms with Gasteiger partial charge in [0.1, 0.15) is 0 Å². The first-order valence-corrected chi connectivity index (χ1v) is 6.39. The number of thiazole rings is 1. The normalized spacial score (nSPS) is 10.3. The van der Waals surface area contributed by atoms with E-state index in [2.05, 4.69) is 10.3 Å². The van der Waals surface area contributed by atoms with Crippen LogP contribution in [0, 0.1) is 6.92 Å². The molecule has 0 radical (unpaired) electrons. The Kier molecular flexibility index (Phi) is 3.21. The third kappa shape index (κ3) is 2.40. The van der Waals surface area contributed by atoms with Gasteiger partial charge in [0.15, 0.2) is 0 Å². The lowest BCUT2D eigenvalue weighted by molar-refractivity contribution is 0.0952. The van der Waals surface area contributed by atoms with Crippen LogP contribution in [0.1, 0.15) is 20.2 Å². The SMILES string of the molecule is Cc1ncc(CNC(=O)c2ccsc2N)s1. The maximum atomic E-state index is 11.7. The van der Waals surface area contributed by atoms with Crippen LogP contribution in [0.4, 0.5) is 5.00 Å². The average Bonchev–Trinajstić information content (AvgIpc) is 2.84. The summed E-state index contributed by atoms with van der Waals surface area (Å²) >= 11 is 2.94. The van der Waals surface area contributed by atoms with Crippen molar-refractivity contribution in [2.75, 3.05) is 5.73 Å². The molecule has 2 aromatic heterocycles. The van der Waals surface area contributed by atoms with Gasteiger partial charge in [0.2, 0.25) is 0 Å². The Hall–Kier alpha value is -1.40. The summed E-state index contributed by atoms with van der Waals surface area (Å²) in [4.78, 5) is 16.9. The van der Waals surface area contributed by atoms with E-state index < -0.39 is 0 Å². The van der Waals surface area contributed by atoms with Gasteiger partial charge in [-0.05, 0) is 18.4 Å². The number of nitrogen functional groups attached to an aromatic ring is 1. The number of hydrogen-bond donors (Lipinski definition) is 2. The second-order valence-corrected chi connectivity index (χ2v) is 5.49. The third-order valence-corrected chi connectivity index (χ3v) is 3.69. The molecule has 1 amide bonds. The molecule has 2 heterocycles. The largest absolute Gasteiger partial charge is 0.390 e. The summed E-state index contributed by atoms with van der Waals surface area (Å²) in [5.74, 6) is -0.134. The van der Waals surface area contributed by atoms with Gasteiger partial charge >= 0.3 is 0 Å². The Morgan fingerprint density at radius 1 is 1.62 bits per heavy atom. The first kappa shape index (κ1) is 11.1. The van der Waals surface area contributed by atoms with E-state index in [0.29, 0.717) is 17.1 Å². The molecule has 0 fully saturated rings. The molecule has 4 nitrogen and oxygen atoms in total. The summed E-state index contributed by atoms with van der Waals surface area (Å²) in [5.41, 5.74) is 6.21. The molecule has 0 saturated carbocycles. The van der Waals surface area contributed by atoms with Crippen LogP contribution >= 0.6 is 22.7 Å². The van der Waals surface area contributed by atoms with E-state index in [1.807, 2.05) is 6.92 Å². The Morgan fingerprint density at radius 3 is 3.00 bits per heavy atom. The summed E-state index contributed by atoms with van der Waals surface area (Å²) in [5, 5.41) is 6.17. The van der Waals surface area contributed by atoms with Gasteiger partial charge < -0.3 is 11.1 Å². The number of nitrogens with zero attached hydrogens (tertiary/aromatic N) is 1. The predicted molar refractivity (Wildman–Crippen MR) is 66.8 cm³/mol. The van der Waals surface area contributed by atoms with Crippen molar-refractivity contribution in [3.05, 3.63) is 33.1 Å². The number of amides is 1. The lowest BCUT2D eigenvalue weighted by Gasteiger charge is -2.01. The molecule has 0 aliphatic rings. The minimum absolute atomic E-state index is 0.134. The molecule has 2 rings (SSSR count). The Balaban J connectivity index is 1.96. The van der Waals surface area contributed by atoms with E-state index in [4.69, 9.17) is 5.73 Å². The standard InChI is InChI=1S/C10H11N3OS2/c1-6-12-4-7(16-6)5-13-10(14)8-2-3-15-9(8)11/h2-4H,5,11H2,1H3,(H,13,14). The zero-order valence-electron chi connectivity index (χ0n) is 8.69. The van der Waals surface area contributed by atoms with Crippen LogP contribution in [-0.2, 0) is 6.54 Å². The van der Waals surface area contributed by atoms with Crippen molar-refractivity contribution < 1.29 is 4.79 Å². The van der Waals surface area contributed by atoms with Gasteiger partial charge in [0, 0.05) is 11.1 Å². The lowest BCUT2D eigenvalue weighted by Crippen LogP contribution is -2.22. The third-order valence-electron chi connectivity index (χ3n) is 2.03. The van der Waals surface area contributed by atoms with E-state index in [9.17, 15) is 4.79 Å². The number of nitrogens with one attached hydrogen (secondary N) is 1. The van der Waals surface area contributed by atoms with E-state index >= 15 is 0 Å². The van der Waals surface area contributed by atoms with Crippen molar-refractivity contribution in [1.82, 2.24) is 10.3 Å². The van der Waals surface area contributed by atoms with Gasteiger partial charge in [0.05, 0.1) is 22.1 Å². The topological polar surface area (TPSA) is 68.0 Å². The van der Waals surface area contributed by atoms with Crippen LogP contribution < -0.4 is 11.1 Å². The van der Waals surface area contributed by atoms with Crippen molar-refractivity contribution in [1.29, 1.82) is 0 Å². The van der Waals surface area contributed by atoms with Crippen molar-refractivity contribution in [2.45, 2.75) is 13.5 Å². The van der Waals surface area contributed by atoms with Gasteiger partial charge in [0.25, 0.3) is 5.91 Å². The molecule has 84 valence electrons. The first-order chi connectivity index (χ1) is 7.66. The molecule has 0 spiro atoms. The number of nitrogens with two attached hydrogens (primary N) is 1. The van der Waals surface area contributed by atoms with E-state index in [0.717, 1.165) is 9.88 Å². The monoisotopic (exact) mass is 253 g/mol. The maximum Gasteiger partial charge on any atom is 0.254 e. The number of carbonyl (C=O) groups excluding carboxylic acids is 1. The molecular weight excluding hydrogens is 242 g/mol. The minimum atomic E-state index is -0.134. The van der Waals surface area contributed by atoms with Crippen LogP contribution in [0.3, 0.4) is 0 Å². The van der Waals surface area contributed by atoms with Gasteiger partial charge in [-0.1, -0.05) is 0 Å². The van der Waals surface area contributed by atoms with E-state index in [1.165, 1.54) is 11.3 Å². The van der Waals surface area contributed by atoms with Crippen LogP contribution in [0.2, 0.25) is 0 Å². The summed E-state index contributed by atoms with van der Waals surface area (Å²) < 4.78 is 0. The average molecular weight is 253 g/mol. The zero-order chi connectivity index (χ0) is 11.5. The highest BCUT2D eigenvalue weighted by molar-refractivity contribution is 7.14. The highest BCUT2D eigenvalue weighted by Gasteiger charge is 2.10. The quantitative estimate of drug-likeness (QED) is 0.879. The molecule has 0 bridgehead atoms. The fourth-order valence-electron chi connectivity index (χ4n) is 1.26. The molecule has 2 aromatic rings. The van der Waals surface area contributed by atoms with Gasteiger partial charge in [-0.25, -0.2) is 4.98 Å². The first-order valence-electron chi connectivity index (χ1n) is 4.69. The van der Waals surface area contributed by atoms with E-state index in [-0.39, 0.29) is 5.91 Å². The van der Waals surface area contributed by atoms with Crippen LogP contribution in [0.5, 0.6) is 0 Å². The summed E-state index contributed by atoms with van der Waals surface area (Å²) in [6.07, 6.45) is 1.78. The molecule has 0 aliphatic heterocycles. The molecule has 0 saturated heterocycles. The van der Waals surface area contributed by atoms with Crippen molar-refractivity contribution in [2.24, 2.45) is 0 Å². The fraction of sp³-hybridized carbons (Fsp3) is 0.200. The highest BCUT2D eigenvalue weighted by atomic mass is 32.1. The molecule has 16 heavy (non-hydrogen) atoms. The number of aromatic nitrogens is 1. The van der Waals surface area contributed by atoms with Crippen LogP contribution in [0.25, 0.3) is 0 Å². The molecule has 0 aromatic carbocycles. The molecule has 6 heteroatoms. The fourth-order valence-corrected chi connectivity index (χ4v) is 2.63. The summed E-state index contributed by atoms with van der Waals surface area (Å²) in [7, 11) is 0. The number of hydrogen-bond acceptors (Lipinski definition) is 5. The van der Waals surface area contributed by atoms with Crippen LogP contribution in [0.15, 0.2) is 17.6 Å². The summed E-state index contributed by atoms with van der Waals surface area (Å²) in [6.45, 7) is 2.44. The number of anilines is 1. The number of thiophene rings is 1. The Labute approximate surface area is 101 Å². The highest BCUT2D eigenvalue weighted by Crippen LogP contribution is 2.19. The van der Waals surface area contributed by atoms with Crippen molar-refractivity contribution in [3.8, 4) is 0 Å². The number of carbonyl (C=O) groups is 1. The van der Waals surface area contributed by atoms with Crippen molar-refractivity contribution in [3.63, 3.8) is 0 Å². The molecule has 0 aliphatic carbocycles. The van der Waals surface area contributed by atoms with Crippen molar-refractivity contribution >= 4 is 33.6 Å². The Morgan fingerprint density at radius 2 is 2.44 bits per heavy atom.